The average molecular weight is 234 g/mol. The number of aliphatic hydroxyl groups excluding tert-OH is 1. The summed E-state index contributed by atoms with van der Waals surface area (Å²) < 4.78 is 12.9. The molecule has 0 aliphatic rings. The Balaban J connectivity index is 2.95. The van der Waals surface area contributed by atoms with E-state index in [0.717, 1.165) is 12.1 Å². The van der Waals surface area contributed by atoms with Crippen molar-refractivity contribution in [2.45, 2.75) is 6.04 Å². The lowest BCUT2D eigenvalue weighted by atomic mass is 10.1. The Morgan fingerprint density at radius 3 is 2.67 bits per heavy atom. The first kappa shape index (κ1) is 11.7. The minimum Gasteiger partial charge on any atom is -0.465 e. The number of rotatable bonds is 3. The number of carbonyl (C=O) groups is 1. The predicted octanol–water partition coefficient (Wildman–Crippen LogP) is 1.78. The maximum absolute atomic E-state index is 12.9. The molecule has 0 aliphatic heterocycles. The Bertz CT molecular complexity index is 352. The van der Waals surface area contributed by atoms with Gasteiger partial charge in [0.25, 0.3) is 0 Å². The summed E-state index contributed by atoms with van der Waals surface area (Å²) in [5, 5.41) is 19.6. The van der Waals surface area contributed by atoms with Gasteiger partial charge in [0.15, 0.2) is 0 Å². The zero-order chi connectivity index (χ0) is 11.4. The number of nitrogens with one attached hydrogen (secondary N) is 1. The smallest absolute Gasteiger partial charge is 0.405 e. The number of hydrogen-bond donors (Lipinski definition) is 3. The first-order valence-corrected chi connectivity index (χ1v) is 4.47. The molecule has 0 fully saturated rings. The van der Waals surface area contributed by atoms with E-state index in [9.17, 15) is 9.18 Å². The van der Waals surface area contributed by atoms with E-state index in [-0.39, 0.29) is 10.6 Å². The zero-order valence-corrected chi connectivity index (χ0v) is 8.33. The van der Waals surface area contributed by atoms with Crippen molar-refractivity contribution >= 4 is 17.7 Å². The van der Waals surface area contributed by atoms with Crippen LogP contribution in [0.2, 0.25) is 5.02 Å². The average Bonchev–Trinajstić information content (AvgIpc) is 2.12. The summed E-state index contributed by atoms with van der Waals surface area (Å²) in [5.41, 5.74) is 0.282. The van der Waals surface area contributed by atoms with Crippen molar-refractivity contribution in [3.05, 3.63) is 34.6 Å². The van der Waals surface area contributed by atoms with E-state index in [1.807, 2.05) is 5.32 Å². The highest BCUT2D eigenvalue weighted by atomic mass is 35.5. The van der Waals surface area contributed by atoms with Crippen LogP contribution in [0, 0.1) is 5.82 Å². The highest BCUT2D eigenvalue weighted by Gasteiger charge is 2.14. The minimum absolute atomic E-state index is 0.149. The van der Waals surface area contributed by atoms with Gasteiger partial charge in [-0.05, 0) is 23.8 Å². The molecule has 1 aromatic carbocycles. The fourth-order valence-corrected chi connectivity index (χ4v) is 1.39. The fourth-order valence-electron chi connectivity index (χ4n) is 1.16. The van der Waals surface area contributed by atoms with Gasteiger partial charge >= 0.3 is 6.09 Å². The Morgan fingerprint density at radius 2 is 2.20 bits per heavy atom. The van der Waals surface area contributed by atoms with Gasteiger partial charge in [-0.2, -0.15) is 0 Å². The number of hydrogen-bond acceptors (Lipinski definition) is 2. The molecule has 0 radical (unpaired) electrons. The van der Waals surface area contributed by atoms with Crippen LogP contribution in [-0.4, -0.2) is 22.9 Å². The quantitative estimate of drug-likeness (QED) is 0.745. The summed E-state index contributed by atoms with van der Waals surface area (Å²) >= 11 is 5.59. The van der Waals surface area contributed by atoms with Gasteiger partial charge in [-0.25, -0.2) is 9.18 Å². The Labute approximate surface area is 90.3 Å². The Morgan fingerprint density at radius 1 is 1.53 bits per heavy atom. The van der Waals surface area contributed by atoms with Crippen molar-refractivity contribution in [2.75, 3.05) is 6.61 Å². The van der Waals surface area contributed by atoms with Crippen molar-refractivity contribution < 1.29 is 19.4 Å². The predicted molar refractivity (Wildman–Crippen MR) is 52.4 cm³/mol. The van der Waals surface area contributed by atoms with Crippen molar-refractivity contribution in [1.29, 1.82) is 0 Å². The van der Waals surface area contributed by atoms with Crippen LogP contribution in [0.5, 0.6) is 0 Å². The van der Waals surface area contributed by atoms with Crippen LogP contribution in [0.1, 0.15) is 11.6 Å². The van der Waals surface area contributed by atoms with Gasteiger partial charge in [0.2, 0.25) is 0 Å². The molecule has 82 valence electrons. The number of halogens is 2. The van der Waals surface area contributed by atoms with Crippen LogP contribution >= 0.6 is 11.6 Å². The van der Waals surface area contributed by atoms with Crippen molar-refractivity contribution in [3.8, 4) is 0 Å². The summed E-state index contributed by atoms with van der Waals surface area (Å²) in [6, 6.07) is 2.72. The minimum atomic E-state index is -1.30. The molecule has 1 unspecified atom stereocenters. The lowest BCUT2D eigenvalue weighted by Gasteiger charge is -2.14. The molecule has 0 saturated carbocycles. The third kappa shape index (κ3) is 3.38. The normalized spacial score (nSPS) is 12.2. The van der Waals surface area contributed by atoms with Gasteiger partial charge in [-0.3, -0.25) is 0 Å². The number of carboxylic acid groups (broad SMARTS) is 1. The second kappa shape index (κ2) is 4.95. The molecular formula is C9H9ClFNO3. The molecule has 1 aromatic rings. The molecule has 1 amide bonds. The fraction of sp³-hybridized carbons (Fsp3) is 0.222. The van der Waals surface area contributed by atoms with Crippen LogP contribution < -0.4 is 5.32 Å². The molecule has 1 rings (SSSR count). The standard InChI is InChI=1S/C9H9ClFNO3/c10-6-1-5(2-7(11)3-6)8(4-13)12-9(14)15/h1-3,8,12-13H,4H2,(H,14,15). The van der Waals surface area contributed by atoms with Crippen LogP contribution in [-0.2, 0) is 0 Å². The van der Waals surface area contributed by atoms with Gasteiger partial charge in [0, 0.05) is 5.02 Å². The lowest BCUT2D eigenvalue weighted by Crippen LogP contribution is -2.29. The second-order valence-corrected chi connectivity index (χ2v) is 3.32. The molecule has 0 saturated heterocycles. The molecule has 3 N–H and O–H groups in total. The maximum Gasteiger partial charge on any atom is 0.405 e. The number of amides is 1. The summed E-state index contributed by atoms with van der Waals surface area (Å²) in [6.45, 7) is -0.466. The van der Waals surface area contributed by atoms with E-state index >= 15 is 0 Å². The van der Waals surface area contributed by atoms with Crippen molar-refractivity contribution in [1.82, 2.24) is 5.32 Å². The van der Waals surface area contributed by atoms with Gasteiger partial charge in [0.05, 0.1) is 12.6 Å². The van der Waals surface area contributed by atoms with Crippen molar-refractivity contribution in [2.24, 2.45) is 0 Å². The maximum atomic E-state index is 12.9. The van der Waals surface area contributed by atoms with Crippen molar-refractivity contribution in [3.63, 3.8) is 0 Å². The molecular weight excluding hydrogens is 225 g/mol. The first-order chi connectivity index (χ1) is 7.02. The Kier molecular flexibility index (Phi) is 3.88. The Hall–Kier alpha value is -1.33. The van der Waals surface area contributed by atoms with Gasteiger partial charge < -0.3 is 15.5 Å². The van der Waals surface area contributed by atoms with E-state index in [4.69, 9.17) is 21.8 Å². The van der Waals surface area contributed by atoms with Crippen LogP contribution in [0.25, 0.3) is 0 Å². The summed E-state index contributed by atoms with van der Waals surface area (Å²) in [4.78, 5) is 10.4. The monoisotopic (exact) mass is 233 g/mol. The van der Waals surface area contributed by atoms with Gasteiger partial charge in [-0.1, -0.05) is 11.6 Å². The number of benzene rings is 1. The van der Waals surface area contributed by atoms with Gasteiger partial charge in [-0.15, -0.1) is 0 Å². The van der Waals surface area contributed by atoms with Gasteiger partial charge in [0.1, 0.15) is 5.82 Å². The lowest BCUT2D eigenvalue weighted by molar-refractivity contribution is 0.177. The van der Waals surface area contributed by atoms with E-state index < -0.39 is 24.6 Å². The third-order valence-electron chi connectivity index (χ3n) is 1.77. The van der Waals surface area contributed by atoms with E-state index in [1.165, 1.54) is 6.07 Å². The van der Waals surface area contributed by atoms with E-state index in [2.05, 4.69) is 0 Å². The molecule has 15 heavy (non-hydrogen) atoms. The van der Waals surface area contributed by atoms with Crippen LogP contribution in [0.15, 0.2) is 18.2 Å². The summed E-state index contributed by atoms with van der Waals surface area (Å²) in [6.07, 6.45) is -1.30. The summed E-state index contributed by atoms with van der Waals surface area (Å²) in [7, 11) is 0. The molecule has 1 atom stereocenters. The molecule has 0 bridgehead atoms. The van der Waals surface area contributed by atoms with E-state index in [1.54, 1.807) is 0 Å². The van der Waals surface area contributed by atoms with Crippen LogP contribution in [0.3, 0.4) is 0 Å². The molecule has 0 aliphatic carbocycles. The highest BCUT2D eigenvalue weighted by Crippen LogP contribution is 2.19. The molecule has 0 aromatic heterocycles. The third-order valence-corrected chi connectivity index (χ3v) is 1.99. The topological polar surface area (TPSA) is 69.6 Å². The SMILES string of the molecule is O=C(O)NC(CO)c1cc(F)cc(Cl)c1. The second-order valence-electron chi connectivity index (χ2n) is 2.89. The highest BCUT2D eigenvalue weighted by molar-refractivity contribution is 6.30. The first-order valence-electron chi connectivity index (χ1n) is 4.09. The zero-order valence-electron chi connectivity index (χ0n) is 7.58. The molecule has 4 nitrogen and oxygen atoms in total. The number of aliphatic hydroxyl groups is 1. The summed E-state index contributed by atoms with van der Waals surface area (Å²) in [5.74, 6) is -0.580. The largest absolute Gasteiger partial charge is 0.465 e. The van der Waals surface area contributed by atoms with Crippen LogP contribution in [0.4, 0.5) is 9.18 Å². The molecule has 0 spiro atoms. The molecule has 6 heteroatoms. The van der Waals surface area contributed by atoms with E-state index in [0.29, 0.717) is 0 Å². The molecule has 0 heterocycles.